The molecule has 0 atom stereocenters. The predicted molar refractivity (Wildman–Crippen MR) is 66.4 cm³/mol. The predicted octanol–water partition coefficient (Wildman–Crippen LogP) is 2.14. The molecule has 16 heavy (non-hydrogen) atoms. The van der Waals surface area contributed by atoms with Crippen LogP contribution in [0.5, 0.6) is 0 Å². The van der Waals surface area contributed by atoms with Gasteiger partial charge in [0.1, 0.15) is 5.82 Å². The highest BCUT2D eigenvalue weighted by Crippen LogP contribution is 2.19. The van der Waals surface area contributed by atoms with Gasteiger partial charge in [-0.1, -0.05) is 12.1 Å². The van der Waals surface area contributed by atoms with Crippen molar-refractivity contribution >= 4 is 10.9 Å². The van der Waals surface area contributed by atoms with Crippen LogP contribution in [0, 0.1) is 13.8 Å². The monoisotopic (exact) mass is 215 g/mol. The second-order valence-electron chi connectivity index (χ2n) is 4.09. The average molecular weight is 215 g/mol. The summed E-state index contributed by atoms with van der Waals surface area (Å²) < 4.78 is 0. The van der Waals surface area contributed by atoms with Crippen molar-refractivity contribution in [3.8, 4) is 0 Å². The molecule has 0 spiro atoms. The van der Waals surface area contributed by atoms with Crippen molar-refractivity contribution in [2.75, 3.05) is 6.54 Å². The fourth-order valence-electron chi connectivity index (χ4n) is 2.00. The number of aromatic nitrogens is 2. The first-order valence-electron chi connectivity index (χ1n) is 5.65. The van der Waals surface area contributed by atoms with Gasteiger partial charge in [0, 0.05) is 17.5 Å². The lowest BCUT2D eigenvalue weighted by atomic mass is 10.1. The molecular formula is C13H17N3. The number of aryl methyl sites for hydroxylation is 3. The van der Waals surface area contributed by atoms with Crippen LogP contribution in [0.25, 0.3) is 10.9 Å². The van der Waals surface area contributed by atoms with Crippen LogP contribution in [0.15, 0.2) is 18.2 Å². The average Bonchev–Trinajstić information content (AvgIpc) is 2.26. The van der Waals surface area contributed by atoms with Gasteiger partial charge in [-0.15, -0.1) is 0 Å². The van der Waals surface area contributed by atoms with Crippen LogP contribution in [0.3, 0.4) is 0 Å². The summed E-state index contributed by atoms with van der Waals surface area (Å²) in [4.78, 5) is 9.10. The van der Waals surface area contributed by atoms with Gasteiger partial charge in [0.15, 0.2) is 0 Å². The maximum atomic E-state index is 5.50. The third-order valence-corrected chi connectivity index (χ3v) is 2.76. The minimum atomic E-state index is 0.689. The molecule has 3 nitrogen and oxygen atoms in total. The zero-order valence-electron chi connectivity index (χ0n) is 9.83. The van der Waals surface area contributed by atoms with Crippen molar-refractivity contribution in [1.82, 2.24) is 9.97 Å². The van der Waals surface area contributed by atoms with E-state index >= 15 is 0 Å². The van der Waals surface area contributed by atoms with Crippen molar-refractivity contribution in [2.24, 2.45) is 5.73 Å². The molecule has 0 fully saturated rings. The zero-order valence-corrected chi connectivity index (χ0v) is 9.83. The van der Waals surface area contributed by atoms with E-state index in [0.29, 0.717) is 6.54 Å². The van der Waals surface area contributed by atoms with Gasteiger partial charge in [-0.25, -0.2) is 9.97 Å². The first-order valence-corrected chi connectivity index (χ1v) is 5.65. The molecule has 0 amide bonds. The summed E-state index contributed by atoms with van der Waals surface area (Å²) >= 11 is 0. The molecule has 0 radical (unpaired) electrons. The number of nitrogens with two attached hydrogens (primary N) is 1. The third kappa shape index (κ3) is 2.04. The highest BCUT2D eigenvalue weighted by molar-refractivity contribution is 5.84. The summed E-state index contributed by atoms with van der Waals surface area (Å²) in [6.45, 7) is 4.83. The first kappa shape index (κ1) is 11.0. The van der Waals surface area contributed by atoms with Crippen molar-refractivity contribution < 1.29 is 0 Å². The van der Waals surface area contributed by atoms with Crippen LogP contribution >= 0.6 is 0 Å². The quantitative estimate of drug-likeness (QED) is 0.853. The number of rotatable bonds is 3. The Morgan fingerprint density at radius 3 is 2.75 bits per heavy atom. The lowest BCUT2D eigenvalue weighted by Gasteiger charge is -2.07. The largest absolute Gasteiger partial charge is 0.330 e. The van der Waals surface area contributed by atoms with Gasteiger partial charge >= 0.3 is 0 Å². The maximum Gasteiger partial charge on any atom is 0.129 e. The fourth-order valence-corrected chi connectivity index (χ4v) is 2.00. The topological polar surface area (TPSA) is 51.8 Å². The number of nitrogens with zero attached hydrogens (tertiary/aromatic N) is 2. The van der Waals surface area contributed by atoms with E-state index in [1.54, 1.807) is 0 Å². The second-order valence-corrected chi connectivity index (χ2v) is 4.09. The molecule has 3 heteroatoms. The molecule has 1 aromatic carbocycles. The van der Waals surface area contributed by atoms with Crippen LogP contribution in [0.4, 0.5) is 0 Å². The SMILES string of the molecule is Cc1cccc2nc(CCCN)nc(C)c12. The van der Waals surface area contributed by atoms with Gasteiger partial charge in [-0.3, -0.25) is 0 Å². The maximum absolute atomic E-state index is 5.50. The van der Waals surface area contributed by atoms with Gasteiger partial charge < -0.3 is 5.73 Å². The third-order valence-electron chi connectivity index (χ3n) is 2.76. The van der Waals surface area contributed by atoms with E-state index in [-0.39, 0.29) is 0 Å². The van der Waals surface area contributed by atoms with E-state index in [1.807, 2.05) is 19.1 Å². The normalized spacial score (nSPS) is 10.9. The van der Waals surface area contributed by atoms with E-state index in [1.165, 1.54) is 10.9 Å². The van der Waals surface area contributed by atoms with Gasteiger partial charge in [-0.2, -0.15) is 0 Å². The van der Waals surface area contributed by atoms with Gasteiger partial charge in [0.2, 0.25) is 0 Å². The highest BCUT2D eigenvalue weighted by Gasteiger charge is 2.05. The molecule has 2 aromatic rings. The van der Waals surface area contributed by atoms with E-state index in [2.05, 4.69) is 23.0 Å². The molecule has 2 N–H and O–H groups in total. The minimum Gasteiger partial charge on any atom is -0.330 e. The molecule has 84 valence electrons. The molecule has 1 aromatic heterocycles. The van der Waals surface area contributed by atoms with Crippen molar-refractivity contribution in [2.45, 2.75) is 26.7 Å². The van der Waals surface area contributed by atoms with Crippen molar-refractivity contribution in [1.29, 1.82) is 0 Å². The van der Waals surface area contributed by atoms with Crippen molar-refractivity contribution in [3.05, 3.63) is 35.3 Å². The summed E-state index contributed by atoms with van der Waals surface area (Å²) in [5.74, 6) is 0.904. The lowest BCUT2D eigenvalue weighted by molar-refractivity contribution is 0.782. The standard InChI is InChI=1S/C13H17N3/c1-9-5-3-6-11-13(9)10(2)15-12(16-11)7-4-8-14/h3,5-6H,4,7-8,14H2,1-2H3. The summed E-state index contributed by atoms with van der Waals surface area (Å²) in [7, 11) is 0. The molecule has 2 rings (SSSR count). The van der Waals surface area contributed by atoms with E-state index in [0.717, 1.165) is 29.9 Å². The van der Waals surface area contributed by atoms with Crippen LogP contribution in [0.1, 0.15) is 23.5 Å². The Bertz CT molecular complexity index is 506. The minimum absolute atomic E-state index is 0.689. The second kappa shape index (κ2) is 4.58. The number of hydrogen-bond acceptors (Lipinski definition) is 3. The van der Waals surface area contributed by atoms with Crippen LogP contribution < -0.4 is 5.73 Å². The Morgan fingerprint density at radius 2 is 2.00 bits per heavy atom. The number of fused-ring (bicyclic) bond motifs is 1. The number of benzene rings is 1. The molecule has 1 heterocycles. The van der Waals surface area contributed by atoms with Crippen LogP contribution in [0.2, 0.25) is 0 Å². The lowest BCUT2D eigenvalue weighted by Crippen LogP contribution is -2.04. The fraction of sp³-hybridized carbons (Fsp3) is 0.385. The van der Waals surface area contributed by atoms with Crippen molar-refractivity contribution in [3.63, 3.8) is 0 Å². The van der Waals surface area contributed by atoms with Gasteiger partial charge in [-0.05, 0) is 38.4 Å². The van der Waals surface area contributed by atoms with Crippen LogP contribution in [-0.2, 0) is 6.42 Å². The molecule has 0 aliphatic carbocycles. The number of hydrogen-bond donors (Lipinski definition) is 1. The molecule has 0 saturated heterocycles. The zero-order chi connectivity index (χ0) is 11.5. The Balaban J connectivity index is 2.51. The van der Waals surface area contributed by atoms with E-state index in [9.17, 15) is 0 Å². The van der Waals surface area contributed by atoms with Gasteiger partial charge in [0.05, 0.1) is 5.52 Å². The molecule has 0 aliphatic heterocycles. The molecule has 0 saturated carbocycles. The van der Waals surface area contributed by atoms with E-state index in [4.69, 9.17) is 5.73 Å². The molecule has 0 bridgehead atoms. The Morgan fingerprint density at radius 1 is 1.19 bits per heavy atom. The van der Waals surface area contributed by atoms with Gasteiger partial charge in [0.25, 0.3) is 0 Å². The summed E-state index contributed by atoms with van der Waals surface area (Å²) in [5, 5.41) is 1.18. The van der Waals surface area contributed by atoms with Crippen LogP contribution in [-0.4, -0.2) is 16.5 Å². The highest BCUT2D eigenvalue weighted by atomic mass is 14.9. The summed E-state index contributed by atoms with van der Waals surface area (Å²) in [5.41, 5.74) is 8.84. The smallest absolute Gasteiger partial charge is 0.129 e. The summed E-state index contributed by atoms with van der Waals surface area (Å²) in [6.07, 6.45) is 1.80. The molecular weight excluding hydrogens is 198 g/mol. The molecule has 0 unspecified atom stereocenters. The first-order chi connectivity index (χ1) is 7.72. The Labute approximate surface area is 95.7 Å². The Hall–Kier alpha value is -1.48. The molecule has 0 aliphatic rings. The van der Waals surface area contributed by atoms with E-state index < -0.39 is 0 Å². The Kier molecular flexibility index (Phi) is 3.15. The summed E-state index contributed by atoms with van der Waals surface area (Å²) in [6, 6.07) is 6.18.